The lowest BCUT2D eigenvalue weighted by molar-refractivity contribution is 0.0475. The van der Waals surface area contributed by atoms with Crippen molar-refractivity contribution in [2.75, 3.05) is 6.61 Å². The molecule has 32 heavy (non-hydrogen) atoms. The molecule has 1 aromatic heterocycles. The molecule has 0 bridgehead atoms. The van der Waals surface area contributed by atoms with Gasteiger partial charge in [-0.05, 0) is 29.8 Å². The number of aromatic amines is 1. The minimum absolute atomic E-state index is 0.0410. The van der Waals surface area contributed by atoms with E-state index in [0.717, 1.165) is 16.5 Å². The van der Waals surface area contributed by atoms with Gasteiger partial charge in [0.05, 0.1) is 10.5 Å². The van der Waals surface area contributed by atoms with E-state index in [4.69, 9.17) is 4.74 Å². The van der Waals surface area contributed by atoms with Crippen molar-refractivity contribution in [1.82, 2.24) is 9.71 Å². The summed E-state index contributed by atoms with van der Waals surface area (Å²) in [6.07, 6.45) is 1.58. The van der Waals surface area contributed by atoms with Gasteiger partial charge in [-0.1, -0.05) is 54.6 Å². The van der Waals surface area contributed by atoms with Crippen molar-refractivity contribution in [1.29, 1.82) is 0 Å². The van der Waals surface area contributed by atoms with Gasteiger partial charge >= 0.3 is 5.97 Å². The number of para-hydroxylation sites is 1. The lowest BCUT2D eigenvalue weighted by atomic mass is 10.1. The number of Topliss-reactive ketones (excluding diaryl/α,β-unsaturated/α-hetero) is 1. The van der Waals surface area contributed by atoms with E-state index in [1.165, 1.54) is 24.3 Å². The Morgan fingerprint density at radius 3 is 2.47 bits per heavy atom. The van der Waals surface area contributed by atoms with Gasteiger partial charge in [0, 0.05) is 29.2 Å². The fraction of sp³-hybridized carbons (Fsp3) is 0.0833. The Hall–Kier alpha value is -3.75. The Balaban J connectivity index is 1.42. The van der Waals surface area contributed by atoms with Gasteiger partial charge in [-0.2, -0.15) is 0 Å². The molecule has 2 N–H and O–H groups in total. The molecule has 0 atom stereocenters. The Morgan fingerprint density at radius 1 is 0.906 bits per heavy atom. The molecule has 7 nitrogen and oxygen atoms in total. The van der Waals surface area contributed by atoms with Crippen LogP contribution in [-0.4, -0.2) is 31.8 Å². The van der Waals surface area contributed by atoms with Crippen LogP contribution in [0.4, 0.5) is 0 Å². The van der Waals surface area contributed by atoms with Crippen molar-refractivity contribution in [3.05, 3.63) is 102 Å². The van der Waals surface area contributed by atoms with Crippen LogP contribution in [0.3, 0.4) is 0 Å². The molecule has 0 saturated heterocycles. The van der Waals surface area contributed by atoms with Gasteiger partial charge in [0.2, 0.25) is 15.8 Å². The Labute approximate surface area is 185 Å². The van der Waals surface area contributed by atoms with Gasteiger partial charge < -0.3 is 9.72 Å². The minimum atomic E-state index is -3.83. The van der Waals surface area contributed by atoms with Gasteiger partial charge in [0.15, 0.2) is 6.61 Å². The summed E-state index contributed by atoms with van der Waals surface area (Å²) in [6, 6.07) is 21.9. The summed E-state index contributed by atoms with van der Waals surface area (Å²) >= 11 is 0. The van der Waals surface area contributed by atoms with E-state index >= 15 is 0 Å². The number of hydrogen-bond acceptors (Lipinski definition) is 5. The van der Waals surface area contributed by atoms with E-state index in [-0.39, 0.29) is 22.8 Å². The van der Waals surface area contributed by atoms with E-state index in [2.05, 4.69) is 9.71 Å². The number of ether oxygens (including phenoxy) is 1. The van der Waals surface area contributed by atoms with Crippen LogP contribution in [0.25, 0.3) is 10.9 Å². The standard InChI is InChI=1S/C24H20N2O5S/c27-23(21-15-25-22-12-5-4-11-20(21)22)16-31-24(28)18-9-6-10-19(13-18)32(29,30)26-14-17-7-2-1-3-8-17/h1-13,15,25-26H,14,16H2. The monoisotopic (exact) mass is 448 g/mol. The molecule has 0 unspecified atom stereocenters. The molecule has 3 aromatic carbocycles. The number of esters is 1. The fourth-order valence-electron chi connectivity index (χ4n) is 3.24. The van der Waals surface area contributed by atoms with Crippen LogP contribution in [0.5, 0.6) is 0 Å². The number of ketones is 1. The predicted octanol–water partition coefficient (Wildman–Crippen LogP) is 3.69. The third-order valence-corrected chi connectivity index (χ3v) is 6.31. The van der Waals surface area contributed by atoms with Crippen LogP contribution in [0.2, 0.25) is 0 Å². The van der Waals surface area contributed by atoms with Crippen molar-refractivity contribution >= 4 is 32.7 Å². The first-order chi connectivity index (χ1) is 15.4. The minimum Gasteiger partial charge on any atom is -0.454 e. The molecule has 0 amide bonds. The third-order valence-electron chi connectivity index (χ3n) is 4.91. The van der Waals surface area contributed by atoms with E-state index in [1.54, 1.807) is 24.4 Å². The number of H-pyrrole nitrogens is 1. The smallest absolute Gasteiger partial charge is 0.338 e. The number of fused-ring (bicyclic) bond motifs is 1. The number of aromatic nitrogens is 1. The first kappa shape index (κ1) is 21.5. The van der Waals surface area contributed by atoms with Gasteiger partial charge in [-0.15, -0.1) is 0 Å². The number of benzene rings is 3. The summed E-state index contributed by atoms with van der Waals surface area (Å²) in [7, 11) is -3.83. The maximum atomic E-state index is 12.6. The summed E-state index contributed by atoms with van der Waals surface area (Å²) in [5.41, 5.74) is 2.08. The molecule has 0 fully saturated rings. The average Bonchev–Trinajstić information content (AvgIpc) is 3.26. The number of carbonyl (C=O) groups is 2. The second-order valence-corrected chi connectivity index (χ2v) is 8.85. The molecule has 0 saturated carbocycles. The van der Waals surface area contributed by atoms with Crippen molar-refractivity contribution in [3.63, 3.8) is 0 Å². The topological polar surface area (TPSA) is 105 Å². The molecule has 0 aliphatic rings. The number of hydrogen-bond donors (Lipinski definition) is 2. The van der Waals surface area contributed by atoms with Gasteiger partial charge in [-0.25, -0.2) is 17.9 Å². The Bertz CT molecular complexity index is 1380. The first-order valence-corrected chi connectivity index (χ1v) is 11.3. The molecule has 4 aromatic rings. The summed E-state index contributed by atoms with van der Waals surface area (Å²) in [6.45, 7) is -0.332. The van der Waals surface area contributed by atoms with E-state index < -0.39 is 22.6 Å². The number of nitrogens with one attached hydrogen (secondary N) is 2. The summed E-state index contributed by atoms with van der Waals surface area (Å²) < 4.78 is 32.9. The Kier molecular flexibility index (Phi) is 6.16. The fourth-order valence-corrected chi connectivity index (χ4v) is 4.31. The molecule has 0 aliphatic carbocycles. The van der Waals surface area contributed by atoms with Crippen LogP contribution >= 0.6 is 0 Å². The van der Waals surface area contributed by atoms with Crippen molar-refractivity contribution in [2.45, 2.75) is 11.4 Å². The van der Waals surface area contributed by atoms with Crippen molar-refractivity contribution < 1.29 is 22.7 Å². The largest absolute Gasteiger partial charge is 0.454 e. The lowest BCUT2D eigenvalue weighted by Gasteiger charge is -2.09. The van der Waals surface area contributed by atoms with Crippen LogP contribution in [0.15, 0.2) is 90.0 Å². The molecular weight excluding hydrogens is 428 g/mol. The molecule has 8 heteroatoms. The van der Waals surface area contributed by atoms with Gasteiger partial charge in [0.1, 0.15) is 0 Å². The zero-order valence-electron chi connectivity index (χ0n) is 16.9. The predicted molar refractivity (Wildman–Crippen MR) is 120 cm³/mol. The SMILES string of the molecule is O=C(OCC(=O)c1c[nH]c2ccccc12)c1cccc(S(=O)(=O)NCc2ccccc2)c1. The van der Waals surface area contributed by atoms with E-state index in [1.807, 2.05) is 36.4 Å². The zero-order chi connectivity index (χ0) is 22.6. The molecule has 4 rings (SSSR count). The highest BCUT2D eigenvalue weighted by molar-refractivity contribution is 7.89. The van der Waals surface area contributed by atoms with Gasteiger partial charge in [-0.3, -0.25) is 4.79 Å². The van der Waals surface area contributed by atoms with Gasteiger partial charge in [0.25, 0.3) is 0 Å². The van der Waals surface area contributed by atoms with Crippen LogP contribution in [0.1, 0.15) is 26.3 Å². The van der Waals surface area contributed by atoms with Crippen molar-refractivity contribution in [2.24, 2.45) is 0 Å². The quantitative estimate of drug-likeness (QED) is 0.316. The summed E-state index contributed by atoms with van der Waals surface area (Å²) in [4.78, 5) is 27.9. The lowest BCUT2D eigenvalue weighted by Crippen LogP contribution is -2.23. The molecule has 0 aliphatic heterocycles. The molecule has 1 heterocycles. The first-order valence-electron chi connectivity index (χ1n) is 9.84. The summed E-state index contributed by atoms with van der Waals surface area (Å²) in [5.74, 6) is -1.14. The number of carbonyl (C=O) groups excluding carboxylic acids is 2. The zero-order valence-corrected chi connectivity index (χ0v) is 17.8. The average molecular weight is 449 g/mol. The van der Waals surface area contributed by atoms with Crippen LogP contribution < -0.4 is 4.72 Å². The second kappa shape index (κ2) is 9.17. The van der Waals surface area contributed by atoms with Crippen LogP contribution in [-0.2, 0) is 21.3 Å². The maximum Gasteiger partial charge on any atom is 0.338 e. The summed E-state index contributed by atoms with van der Waals surface area (Å²) in [5, 5.41) is 0.742. The third kappa shape index (κ3) is 4.77. The molecule has 0 spiro atoms. The molecule has 162 valence electrons. The highest BCUT2D eigenvalue weighted by Gasteiger charge is 2.18. The second-order valence-electron chi connectivity index (χ2n) is 7.09. The maximum absolute atomic E-state index is 12.6. The highest BCUT2D eigenvalue weighted by atomic mass is 32.2. The van der Waals surface area contributed by atoms with E-state index in [0.29, 0.717) is 5.56 Å². The molecular formula is C24H20N2O5S. The number of sulfonamides is 1. The van der Waals surface area contributed by atoms with Crippen LogP contribution in [0, 0.1) is 0 Å². The highest BCUT2D eigenvalue weighted by Crippen LogP contribution is 2.19. The molecule has 0 radical (unpaired) electrons. The Morgan fingerprint density at radius 2 is 1.66 bits per heavy atom. The van der Waals surface area contributed by atoms with Crippen molar-refractivity contribution in [3.8, 4) is 0 Å². The number of rotatable bonds is 8. The normalized spacial score (nSPS) is 11.4. The van der Waals surface area contributed by atoms with E-state index in [9.17, 15) is 18.0 Å².